The SMILES string of the molecule is C#CCCC1(CCC(=O)Nc2cccc(OC(F)F)c2)N=N1. The number of nitrogens with zero attached hydrogens (tertiary/aromatic N) is 2. The van der Waals surface area contributed by atoms with E-state index in [1.165, 1.54) is 18.2 Å². The summed E-state index contributed by atoms with van der Waals surface area (Å²) in [6.07, 6.45) is 7.08. The third kappa shape index (κ3) is 4.81. The Bertz CT molecular complexity index is 605. The van der Waals surface area contributed by atoms with Gasteiger partial charge in [-0.05, 0) is 12.1 Å². The maximum Gasteiger partial charge on any atom is 0.387 e. The van der Waals surface area contributed by atoms with Gasteiger partial charge < -0.3 is 10.1 Å². The molecule has 0 aliphatic carbocycles. The number of carbonyl (C=O) groups is 1. The highest BCUT2D eigenvalue weighted by Crippen LogP contribution is 2.37. The van der Waals surface area contributed by atoms with E-state index >= 15 is 0 Å². The number of amides is 1. The Kier molecular flexibility index (Phi) is 5.04. The predicted octanol–water partition coefficient (Wildman–Crippen LogP) is 3.58. The molecule has 1 N–H and O–H groups in total. The minimum Gasteiger partial charge on any atom is -0.435 e. The van der Waals surface area contributed by atoms with Crippen LogP contribution in [0, 0.1) is 12.3 Å². The van der Waals surface area contributed by atoms with Gasteiger partial charge in [0.05, 0.1) is 0 Å². The molecule has 0 bridgehead atoms. The summed E-state index contributed by atoms with van der Waals surface area (Å²) in [5.41, 5.74) is -0.116. The lowest BCUT2D eigenvalue weighted by Gasteiger charge is -2.10. The second-order valence-electron chi connectivity index (χ2n) is 4.84. The van der Waals surface area contributed by atoms with Gasteiger partial charge in [0.1, 0.15) is 5.75 Å². The van der Waals surface area contributed by atoms with Crippen molar-refractivity contribution in [1.82, 2.24) is 0 Å². The van der Waals surface area contributed by atoms with Crippen molar-refractivity contribution in [3.05, 3.63) is 24.3 Å². The second kappa shape index (κ2) is 6.98. The molecule has 1 heterocycles. The molecular weight excluding hydrogens is 292 g/mol. The fourth-order valence-corrected chi connectivity index (χ4v) is 1.96. The summed E-state index contributed by atoms with van der Waals surface area (Å²) >= 11 is 0. The number of rotatable bonds is 8. The number of nitrogens with one attached hydrogen (secondary N) is 1. The van der Waals surface area contributed by atoms with E-state index in [0.717, 1.165) is 0 Å². The van der Waals surface area contributed by atoms with Gasteiger partial charge in [-0.15, -0.1) is 12.3 Å². The van der Waals surface area contributed by atoms with Crippen molar-refractivity contribution in [1.29, 1.82) is 0 Å². The van der Waals surface area contributed by atoms with Crippen molar-refractivity contribution < 1.29 is 18.3 Å². The van der Waals surface area contributed by atoms with E-state index in [1.807, 2.05) is 0 Å². The van der Waals surface area contributed by atoms with E-state index < -0.39 is 12.3 Å². The van der Waals surface area contributed by atoms with Crippen molar-refractivity contribution >= 4 is 11.6 Å². The molecule has 2 rings (SSSR count). The van der Waals surface area contributed by atoms with Gasteiger partial charge in [0.15, 0.2) is 5.66 Å². The van der Waals surface area contributed by atoms with Crippen LogP contribution in [0.5, 0.6) is 5.75 Å². The van der Waals surface area contributed by atoms with Crippen molar-refractivity contribution in [3.8, 4) is 18.1 Å². The normalized spacial score (nSPS) is 14.5. The maximum absolute atomic E-state index is 12.1. The zero-order valence-corrected chi connectivity index (χ0v) is 11.8. The number of halogens is 2. The van der Waals surface area contributed by atoms with Crippen molar-refractivity contribution in [2.45, 2.75) is 38.0 Å². The van der Waals surface area contributed by atoms with E-state index in [9.17, 15) is 13.6 Å². The van der Waals surface area contributed by atoms with Crippen LogP contribution in [-0.4, -0.2) is 18.2 Å². The van der Waals surface area contributed by atoms with Crippen LogP contribution in [0.25, 0.3) is 0 Å². The summed E-state index contributed by atoms with van der Waals surface area (Å²) in [4.78, 5) is 11.9. The van der Waals surface area contributed by atoms with Gasteiger partial charge in [-0.3, -0.25) is 4.79 Å². The lowest BCUT2D eigenvalue weighted by molar-refractivity contribution is -0.116. The fraction of sp³-hybridized carbons (Fsp3) is 0.400. The maximum atomic E-state index is 12.1. The van der Waals surface area contributed by atoms with Crippen molar-refractivity contribution in [2.75, 3.05) is 5.32 Å². The molecule has 0 saturated carbocycles. The highest BCUT2D eigenvalue weighted by molar-refractivity contribution is 5.90. The number of benzene rings is 1. The van der Waals surface area contributed by atoms with E-state index in [0.29, 0.717) is 24.9 Å². The van der Waals surface area contributed by atoms with E-state index in [1.54, 1.807) is 6.07 Å². The molecule has 1 aliphatic rings. The molecule has 0 radical (unpaired) electrons. The van der Waals surface area contributed by atoms with Crippen LogP contribution in [0.3, 0.4) is 0 Å². The Morgan fingerprint density at radius 2 is 2.18 bits per heavy atom. The van der Waals surface area contributed by atoms with Gasteiger partial charge in [-0.2, -0.15) is 19.0 Å². The first-order valence-corrected chi connectivity index (χ1v) is 6.75. The Balaban J connectivity index is 1.81. The van der Waals surface area contributed by atoms with Crippen LogP contribution in [0.2, 0.25) is 0 Å². The third-order valence-electron chi connectivity index (χ3n) is 3.15. The average Bonchev–Trinajstić information content (AvgIpc) is 3.23. The van der Waals surface area contributed by atoms with E-state index in [-0.39, 0.29) is 18.1 Å². The number of anilines is 1. The molecule has 0 unspecified atom stereocenters. The molecule has 1 aromatic rings. The molecular formula is C15H15F2N3O2. The number of hydrogen-bond acceptors (Lipinski definition) is 4. The van der Waals surface area contributed by atoms with Crippen LogP contribution in [0.1, 0.15) is 25.7 Å². The molecule has 1 aromatic carbocycles. The van der Waals surface area contributed by atoms with Gasteiger partial charge in [0, 0.05) is 37.4 Å². The van der Waals surface area contributed by atoms with Gasteiger partial charge in [-0.25, -0.2) is 0 Å². The number of alkyl halides is 2. The number of ether oxygens (including phenoxy) is 1. The fourth-order valence-electron chi connectivity index (χ4n) is 1.96. The van der Waals surface area contributed by atoms with Gasteiger partial charge in [-0.1, -0.05) is 6.07 Å². The molecule has 0 spiro atoms. The molecule has 22 heavy (non-hydrogen) atoms. The Labute approximate surface area is 126 Å². The average molecular weight is 307 g/mol. The van der Waals surface area contributed by atoms with Crippen LogP contribution in [0.4, 0.5) is 14.5 Å². The third-order valence-corrected chi connectivity index (χ3v) is 3.15. The summed E-state index contributed by atoms with van der Waals surface area (Å²) in [6, 6.07) is 5.84. The first-order valence-electron chi connectivity index (χ1n) is 6.75. The zero-order valence-electron chi connectivity index (χ0n) is 11.8. The number of carbonyl (C=O) groups excluding carboxylic acids is 1. The lowest BCUT2D eigenvalue weighted by atomic mass is 10.0. The molecule has 116 valence electrons. The molecule has 0 atom stereocenters. The van der Waals surface area contributed by atoms with E-state index in [2.05, 4.69) is 26.2 Å². The first-order chi connectivity index (χ1) is 10.5. The summed E-state index contributed by atoms with van der Waals surface area (Å²) in [5.74, 6) is 2.26. The summed E-state index contributed by atoms with van der Waals surface area (Å²) in [5, 5.41) is 10.5. The van der Waals surface area contributed by atoms with Gasteiger partial charge in [0.2, 0.25) is 5.91 Å². The minimum absolute atomic E-state index is 0.00881. The van der Waals surface area contributed by atoms with Gasteiger partial charge in [0.25, 0.3) is 0 Å². The minimum atomic E-state index is -2.90. The highest BCUT2D eigenvalue weighted by Gasteiger charge is 2.39. The first kappa shape index (κ1) is 15.9. The number of terminal acetylenes is 1. The molecule has 0 fully saturated rings. The topological polar surface area (TPSA) is 63.0 Å². The van der Waals surface area contributed by atoms with Gasteiger partial charge >= 0.3 is 6.61 Å². The van der Waals surface area contributed by atoms with E-state index in [4.69, 9.17) is 6.42 Å². The molecule has 1 aliphatic heterocycles. The number of hydrogen-bond donors (Lipinski definition) is 1. The summed E-state index contributed by atoms with van der Waals surface area (Å²) in [7, 11) is 0. The molecule has 0 aromatic heterocycles. The quantitative estimate of drug-likeness (QED) is 0.746. The standard InChI is InChI=1S/C15H15F2N3O2/c1-2-3-8-15(19-20-15)9-7-13(21)18-11-5-4-6-12(10-11)22-14(16)17/h1,4-6,10,14H,3,7-9H2,(H,18,21). The smallest absolute Gasteiger partial charge is 0.387 e. The molecule has 0 saturated heterocycles. The van der Waals surface area contributed by atoms with Crippen LogP contribution in [0.15, 0.2) is 34.5 Å². The molecule has 7 heteroatoms. The largest absolute Gasteiger partial charge is 0.435 e. The summed E-state index contributed by atoms with van der Waals surface area (Å²) < 4.78 is 28.5. The highest BCUT2D eigenvalue weighted by atomic mass is 19.3. The monoisotopic (exact) mass is 307 g/mol. The van der Waals surface area contributed by atoms with Crippen LogP contribution >= 0.6 is 0 Å². The Hall–Kier alpha value is -2.49. The van der Waals surface area contributed by atoms with Crippen LogP contribution in [-0.2, 0) is 4.79 Å². The molecule has 1 amide bonds. The van der Waals surface area contributed by atoms with Crippen LogP contribution < -0.4 is 10.1 Å². The predicted molar refractivity (Wildman–Crippen MR) is 76.6 cm³/mol. The Morgan fingerprint density at radius 3 is 2.82 bits per heavy atom. The lowest BCUT2D eigenvalue weighted by Crippen LogP contribution is -2.17. The van der Waals surface area contributed by atoms with Crippen molar-refractivity contribution in [2.24, 2.45) is 10.2 Å². The molecule has 5 nitrogen and oxygen atoms in total. The second-order valence-corrected chi connectivity index (χ2v) is 4.84. The van der Waals surface area contributed by atoms with Crippen molar-refractivity contribution in [3.63, 3.8) is 0 Å². The zero-order chi connectivity index (χ0) is 16.0. The Morgan fingerprint density at radius 1 is 1.41 bits per heavy atom. The summed E-state index contributed by atoms with van der Waals surface area (Å²) in [6.45, 7) is -2.90.